The van der Waals surface area contributed by atoms with Gasteiger partial charge in [-0.05, 0) is 30.7 Å². The lowest BCUT2D eigenvalue weighted by Crippen LogP contribution is -2.15. The Balaban J connectivity index is 2.02. The van der Waals surface area contributed by atoms with Crippen LogP contribution < -0.4 is 5.32 Å². The zero-order chi connectivity index (χ0) is 10.5. The molecule has 1 aromatic carbocycles. The minimum Gasteiger partial charge on any atom is -0.333 e. The molecule has 78 valence electrons. The number of amides is 1. The van der Waals surface area contributed by atoms with Crippen LogP contribution in [0.15, 0.2) is 42.1 Å². The molecule has 2 nitrogen and oxygen atoms in total. The summed E-state index contributed by atoms with van der Waals surface area (Å²) in [5.74, 6) is 0.614. The number of benzene rings is 1. The number of rotatable bonds is 3. The summed E-state index contributed by atoms with van der Waals surface area (Å²) in [5, 5.41) is 2.74. The highest BCUT2D eigenvalue weighted by molar-refractivity contribution is 5.50. The van der Waals surface area contributed by atoms with Gasteiger partial charge in [-0.15, -0.1) is 0 Å². The van der Waals surface area contributed by atoms with Crippen LogP contribution in [0.5, 0.6) is 0 Å². The van der Waals surface area contributed by atoms with Crippen molar-refractivity contribution in [3.8, 4) is 0 Å². The van der Waals surface area contributed by atoms with Crippen molar-refractivity contribution in [2.45, 2.75) is 25.2 Å². The van der Waals surface area contributed by atoms with Crippen molar-refractivity contribution in [3.63, 3.8) is 0 Å². The van der Waals surface area contributed by atoms with E-state index in [-0.39, 0.29) is 0 Å². The maximum absolute atomic E-state index is 10.3. The number of nitrogens with one attached hydrogen (secondary N) is 1. The van der Waals surface area contributed by atoms with Gasteiger partial charge in [0.2, 0.25) is 6.41 Å². The molecule has 0 saturated heterocycles. The molecule has 1 aliphatic carbocycles. The van der Waals surface area contributed by atoms with Crippen LogP contribution in [0.3, 0.4) is 0 Å². The molecule has 2 heteroatoms. The molecule has 0 heterocycles. The zero-order valence-corrected chi connectivity index (χ0v) is 8.65. The summed E-state index contributed by atoms with van der Waals surface area (Å²) in [6.45, 7) is 0. The molecule has 0 fully saturated rings. The molecule has 1 aromatic rings. The zero-order valence-electron chi connectivity index (χ0n) is 8.65. The van der Waals surface area contributed by atoms with Crippen molar-refractivity contribution in [1.29, 1.82) is 0 Å². The molecular formula is C13H15NO. The summed E-state index contributed by atoms with van der Waals surface area (Å²) < 4.78 is 0. The molecule has 1 aliphatic rings. The van der Waals surface area contributed by atoms with Gasteiger partial charge in [-0.3, -0.25) is 4.79 Å². The molecule has 0 radical (unpaired) electrons. The summed E-state index contributed by atoms with van der Waals surface area (Å²) >= 11 is 0. The second-order valence-electron chi connectivity index (χ2n) is 3.87. The molecule has 0 aromatic heterocycles. The van der Waals surface area contributed by atoms with Crippen molar-refractivity contribution in [3.05, 3.63) is 47.7 Å². The number of hydrogen-bond acceptors (Lipinski definition) is 1. The third-order valence-electron chi connectivity index (χ3n) is 2.93. The summed E-state index contributed by atoms with van der Waals surface area (Å²) in [6.07, 6.45) is 6.01. The molecule has 0 bridgehead atoms. The van der Waals surface area contributed by atoms with Gasteiger partial charge < -0.3 is 5.32 Å². The Morgan fingerprint density at radius 3 is 2.67 bits per heavy atom. The fourth-order valence-electron chi connectivity index (χ4n) is 2.07. The van der Waals surface area contributed by atoms with Crippen LogP contribution >= 0.6 is 0 Å². The van der Waals surface area contributed by atoms with Crippen LogP contribution in [0.2, 0.25) is 0 Å². The Morgan fingerprint density at radius 1 is 1.27 bits per heavy atom. The molecule has 1 N–H and O–H groups in total. The van der Waals surface area contributed by atoms with E-state index in [2.05, 4.69) is 35.7 Å². The van der Waals surface area contributed by atoms with Crippen LogP contribution in [-0.4, -0.2) is 6.41 Å². The van der Waals surface area contributed by atoms with E-state index in [1.165, 1.54) is 5.56 Å². The third-order valence-corrected chi connectivity index (χ3v) is 2.93. The van der Waals surface area contributed by atoms with Crippen molar-refractivity contribution in [2.24, 2.45) is 0 Å². The number of carbonyl (C=O) groups excluding carboxylic acids is 1. The van der Waals surface area contributed by atoms with E-state index in [1.807, 2.05) is 6.07 Å². The quantitative estimate of drug-likeness (QED) is 0.748. The van der Waals surface area contributed by atoms with E-state index in [9.17, 15) is 4.79 Å². The SMILES string of the molecule is O=CNC1=CC[C@H](c2ccccc2)CC1. The van der Waals surface area contributed by atoms with Crippen LogP contribution in [0, 0.1) is 0 Å². The first-order valence-electron chi connectivity index (χ1n) is 5.34. The van der Waals surface area contributed by atoms with Crippen LogP contribution in [0.4, 0.5) is 0 Å². The minimum atomic E-state index is 0.614. The van der Waals surface area contributed by atoms with Gasteiger partial charge in [-0.1, -0.05) is 36.4 Å². The lowest BCUT2D eigenvalue weighted by Gasteiger charge is -2.21. The molecule has 1 atom stereocenters. The molecule has 0 aliphatic heterocycles. The van der Waals surface area contributed by atoms with E-state index in [0.29, 0.717) is 5.92 Å². The number of allylic oxidation sites excluding steroid dienone is 2. The van der Waals surface area contributed by atoms with Gasteiger partial charge in [0, 0.05) is 5.70 Å². The first-order chi connectivity index (χ1) is 7.40. The van der Waals surface area contributed by atoms with Crippen molar-refractivity contribution < 1.29 is 4.79 Å². The van der Waals surface area contributed by atoms with Gasteiger partial charge >= 0.3 is 0 Å². The molecular weight excluding hydrogens is 186 g/mol. The molecule has 15 heavy (non-hydrogen) atoms. The van der Waals surface area contributed by atoms with Gasteiger partial charge in [0.1, 0.15) is 0 Å². The predicted octanol–water partition coefficient (Wildman–Crippen LogP) is 2.58. The first-order valence-corrected chi connectivity index (χ1v) is 5.34. The summed E-state index contributed by atoms with van der Waals surface area (Å²) in [5.41, 5.74) is 2.47. The molecule has 0 saturated carbocycles. The molecule has 0 spiro atoms. The largest absolute Gasteiger partial charge is 0.333 e. The van der Waals surface area contributed by atoms with E-state index in [1.54, 1.807) is 0 Å². The Kier molecular flexibility index (Phi) is 3.18. The van der Waals surface area contributed by atoms with E-state index in [4.69, 9.17) is 0 Å². The third kappa shape index (κ3) is 2.46. The lowest BCUT2D eigenvalue weighted by molar-refractivity contribution is -0.109. The average molecular weight is 201 g/mol. The second-order valence-corrected chi connectivity index (χ2v) is 3.87. The highest BCUT2D eigenvalue weighted by atomic mass is 16.1. The highest BCUT2D eigenvalue weighted by Crippen LogP contribution is 2.30. The fraction of sp³-hybridized carbons (Fsp3) is 0.308. The Labute approximate surface area is 90.0 Å². The maximum Gasteiger partial charge on any atom is 0.211 e. The summed E-state index contributed by atoms with van der Waals surface area (Å²) in [7, 11) is 0. The Bertz CT molecular complexity index is 356. The second kappa shape index (κ2) is 4.78. The van der Waals surface area contributed by atoms with Gasteiger partial charge in [-0.2, -0.15) is 0 Å². The van der Waals surface area contributed by atoms with E-state index >= 15 is 0 Å². The van der Waals surface area contributed by atoms with Crippen LogP contribution in [0.1, 0.15) is 30.7 Å². The van der Waals surface area contributed by atoms with Crippen LogP contribution in [-0.2, 0) is 4.79 Å². The fourth-order valence-corrected chi connectivity index (χ4v) is 2.07. The van der Waals surface area contributed by atoms with Crippen LogP contribution in [0.25, 0.3) is 0 Å². The van der Waals surface area contributed by atoms with Crippen molar-refractivity contribution >= 4 is 6.41 Å². The highest BCUT2D eigenvalue weighted by Gasteiger charge is 2.15. The first kappa shape index (κ1) is 9.97. The standard InChI is InChI=1S/C13H15NO/c15-10-14-13-8-6-12(7-9-13)11-4-2-1-3-5-11/h1-5,8,10,12H,6-7,9H2,(H,14,15)/t12-/m0/s1. The molecule has 2 rings (SSSR count). The van der Waals surface area contributed by atoms with Crippen molar-refractivity contribution in [2.75, 3.05) is 0 Å². The average Bonchev–Trinajstić information content (AvgIpc) is 2.32. The number of hydrogen-bond donors (Lipinski definition) is 1. The van der Waals surface area contributed by atoms with E-state index in [0.717, 1.165) is 31.4 Å². The van der Waals surface area contributed by atoms with Crippen molar-refractivity contribution in [1.82, 2.24) is 5.32 Å². The summed E-state index contributed by atoms with van der Waals surface area (Å²) in [4.78, 5) is 10.3. The predicted molar refractivity (Wildman–Crippen MR) is 60.3 cm³/mol. The Hall–Kier alpha value is -1.57. The van der Waals surface area contributed by atoms with Gasteiger partial charge in [-0.25, -0.2) is 0 Å². The smallest absolute Gasteiger partial charge is 0.211 e. The topological polar surface area (TPSA) is 29.1 Å². The maximum atomic E-state index is 10.3. The van der Waals surface area contributed by atoms with Gasteiger partial charge in [0.25, 0.3) is 0 Å². The number of carbonyl (C=O) groups is 1. The van der Waals surface area contributed by atoms with E-state index < -0.39 is 0 Å². The monoisotopic (exact) mass is 201 g/mol. The van der Waals surface area contributed by atoms with Gasteiger partial charge in [0.05, 0.1) is 0 Å². The molecule has 1 amide bonds. The minimum absolute atomic E-state index is 0.614. The lowest BCUT2D eigenvalue weighted by atomic mass is 9.86. The molecule has 0 unspecified atom stereocenters. The summed E-state index contributed by atoms with van der Waals surface area (Å²) in [6, 6.07) is 10.6. The normalized spacial score (nSPS) is 20.5. The Morgan fingerprint density at radius 2 is 2.07 bits per heavy atom. The van der Waals surface area contributed by atoms with Gasteiger partial charge in [0.15, 0.2) is 0 Å².